The maximum Gasteiger partial charge on any atom is 0.254 e. The van der Waals surface area contributed by atoms with Gasteiger partial charge in [0.2, 0.25) is 5.95 Å². The van der Waals surface area contributed by atoms with Gasteiger partial charge in [-0.25, -0.2) is 9.97 Å². The molecule has 2 aromatic carbocycles. The van der Waals surface area contributed by atoms with Crippen molar-refractivity contribution >= 4 is 22.6 Å². The summed E-state index contributed by atoms with van der Waals surface area (Å²) in [6.07, 6.45) is 2.71. The molecular formula is C22H22N4O2. The molecule has 3 heterocycles. The molecule has 1 aromatic heterocycles. The van der Waals surface area contributed by atoms with E-state index in [-0.39, 0.29) is 5.91 Å². The largest absolute Gasteiger partial charge is 0.378 e. The number of amides is 1. The highest BCUT2D eigenvalue weighted by molar-refractivity contribution is 5.98. The van der Waals surface area contributed by atoms with Crippen molar-refractivity contribution in [3.63, 3.8) is 0 Å². The van der Waals surface area contributed by atoms with Crippen LogP contribution in [0, 0.1) is 0 Å². The normalized spacial score (nSPS) is 16.9. The van der Waals surface area contributed by atoms with Crippen LogP contribution in [-0.4, -0.2) is 53.6 Å². The van der Waals surface area contributed by atoms with Crippen molar-refractivity contribution in [3.8, 4) is 0 Å². The molecule has 6 heteroatoms. The Bertz CT molecular complexity index is 1030. The Hall–Kier alpha value is -2.99. The van der Waals surface area contributed by atoms with Crippen molar-refractivity contribution < 1.29 is 9.53 Å². The number of nitrogens with zero attached hydrogens (tertiary/aromatic N) is 4. The van der Waals surface area contributed by atoms with Crippen LogP contribution in [0.15, 0.2) is 48.7 Å². The minimum Gasteiger partial charge on any atom is -0.378 e. The standard InChI is InChI=1S/C22H22N4O2/c27-21(18-6-5-16-3-1-2-4-17(16)13-18)26-8-7-19-14-23-22(24-20(19)15-26)25-9-11-28-12-10-25/h1-6,13-14H,7-12,15H2. The summed E-state index contributed by atoms with van der Waals surface area (Å²) in [5, 5.41) is 2.23. The summed E-state index contributed by atoms with van der Waals surface area (Å²) in [6, 6.07) is 14.0. The van der Waals surface area contributed by atoms with Crippen molar-refractivity contribution in [1.82, 2.24) is 14.9 Å². The van der Waals surface area contributed by atoms with Crippen LogP contribution in [0.2, 0.25) is 0 Å². The number of carbonyl (C=O) groups is 1. The number of rotatable bonds is 2. The first kappa shape index (κ1) is 17.1. The number of benzene rings is 2. The summed E-state index contributed by atoms with van der Waals surface area (Å²) in [5.74, 6) is 0.796. The van der Waals surface area contributed by atoms with Gasteiger partial charge in [0, 0.05) is 31.4 Å². The molecule has 0 bridgehead atoms. The summed E-state index contributed by atoms with van der Waals surface area (Å²) in [6.45, 7) is 4.23. The van der Waals surface area contributed by atoms with Crippen molar-refractivity contribution in [3.05, 3.63) is 65.5 Å². The lowest BCUT2D eigenvalue weighted by molar-refractivity contribution is 0.0732. The van der Waals surface area contributed by atoms with E-state index in [9.17, 15) is 4.79 Å². The Morgan fingerprint density at radius 3 is 2.68 bits per heavy atom. The molecule has 2 aliphatic heterocycles. The second-order valence-electron chi connectivity index (χ2n) is 7.28. The van der Waals surface area contributed by atoms with Crippen LogP contribution in [0.1, 0.15) is 21.6 Å². The first-order valence-electron chi connectivity index (χ1n) is 9.73. The number of ether oxygens (including phenoxy) is 1. The molecule has 142 valence electrons. The van der Waals surface area contributed by atoms with E-state index in [0.717, 1.165) is 53.1 Å². The topological polar surface area (TPSA) is 58.6 Å². The molecule has 6 nitrogen and oxygen atoms in total. The third kappa shape index (κ3) is 3.20. The van der Waals surface area contributed by atoms with E-state index in [0.29, 0.717) is 26.3 Å². The highest BCUT2D eigenvalue weighted by atomic mass is 16.5. The molecule has 2 aliphatic rings. The highest BCUT2D eigenvalue weighted by Gasteiger charge is 2.25. The Kier molecular flexibility index (Phi) is 4.41. The molecule has 0 unspecified atom stereocenters. The van der Waals surface area contributed by atoms with E-state index >= 15 is 0 Å². The number of carbonyl (C=O) groups excluding carboxylic acids is 1. The molecule has 0 spiro atoms. The molecule has 0 atom stereocenters. The van der Waals surface area contributed by atoms with Gasteiger partial charge >= 0.3 is 0 Å². The van der Waals surface area contributed by atoms with E-state index in [1.807, 2.05) is 47.5 Å². The van der Waals surface area contributed by atoms with E-state index in [1.165, 1.54) is 0 Å². The Morgan fingerprint density at radius 1 is 1.00 bits per heavy atom. The summed E-state index contributed by atoms with van der Waals surface area (Å²) in [5.41, 5.74) is 2.82. The fraction of sp³-hybridized carbons (Fsp3) is 0.318. The summed E-state index contributed by atoms with van der Waals surface area (Å²) in [7, 11) is 0. The zero-order chi connectivity index (χ0) is 18.9. The van der Waals surface area contributed by atoms with Gasteiger partial charge in [-0.15, -0.1) is 0 Å². The van der Waals surface area contributed by atoms with Crippen molar-refractivity contribution in [2.45, 2.75) is 13.0 Å². The van der Waals surface area contributed by atoms with Gasteiger partial charge in [0.05, 0.1) is 25.5 Å². The van der Waals surface area contributed by atoms with Gasteiger partial charge in [-0.1, -0.05) is 30.3 Å². The lowest BCUT2D eigenvalue weighted by atomic mass is 10.0. The second kappa shape index (κ2) is 7.20. The Morgan fingerprint density at radius 2 is 1.82 bits per heavy atom. The van der Waals surface area contributed by atoms with Crippen LogP contribution in [0.5, 0.6) is 0 Å². The van der Waals surface area contributed by atoms with E-state index in [1.54, 1.807) is 0 Å². The number of hydrogen-bond acceptors (Lipinski definition) is 5. The Balaban J connectivity index is 1.38. The van der Waals surface area contributed by atoms with Gasteiger partial charge in [-0.3, -0.25) is 4.79 Å². The molecule has 1 amide bonds. The minimum atomic E-state index is 0.0583. The maximum atomic E-state index is 13.1. The van der Waals surface area contributed by atoms with Crippen LogP contribution in [0.3, 0.4) is 0 Å². The van der Waals surface area contributed by atoms with E-state index in [4.69, 9.17) is 9.72 Å². The van der Waals surface area contributed by atoms with Crippen LogP contribution in [0.25, 0.3) is 10.8 Å². The predicted octanol–water partition coefficient (Wildman–Crippen LogP) is 2.66. The molecule has 0 radical (unpaired) electrons. The maximum absolute atomic E-state index is 13.1. The molecule has 0 N–H and O–H groups in total. The lowest BCUT2D eigenvalue weighted by Crippen LogP contribution is -2.39. The van der Waals surface area contributed by atoms with Crippen LogP contribution >= 0.6 is 0 Å². The number of morpholine rings is 1. The smallest absolute Gasteiger partial charge is 0.254 e. The lowest BCUT2D eigenvalue weighted by Gasteiger charge is -2.30. The monoisotopic (exact) mass is 374 g/mol. The van der Waals surface area contributed by atoms with Gasteiger partial charge in [0.1, 0.15) is 0 Å². The second-order valence-corrected chi connectivity index (χ2v) is 7.28. The van der Waals surface area contributed by atoms with E-state index in [2.05, 4.69) is 16.0 Å². The first-order valence-corrected chi connectivity index (χ1v) is 9.73. The van der Waals surface area contributed by atoms with Gasteiger partial charge < -0.3 is 14.5 Å². The van der Waals surface area contributed by atoms with Crippen molar-refractivity contribution in [1.29, 1.82) is 0 Å². The Labute approximate surface area is 163 Å². The SMILES string of the molecule is O=C(c1ccc2ccccc2c1)N1CCc2cnc(N3CCOCC3)nc2C1. The molecule has 5 rings (SSSR count). The quantitative estimate of drug-likeness (QED) is 0.690. The summed E-state index contributed by atoms with van der Waals surface area (Å²) in [4.78, 5) is 26.4. The molecule has 28 heavy (non-hydrogen) atoms. The molecule has 3 aromatic rings. The highest BCUT2D eigenvalue weighted by Crippen LogP contribution is 2.23. The van der Waals surface area contributed by atoms with Crippen molar-refractivity contribution in [2.24, 2.45) is 0 Å². The fourth-order valence-electron chi connectivity index (χ4n) is 3.89. The molecular weight excluding hydrogens is 352 g/mol. The third-order valence-electron chi connectivity index (χ3n) is 5.51. The number of hydrogen-bond donors (Lipinski definition) is 0. The average Bonchev–Trinajstić information content (AvgIpc) is 2.78. The van der Waals surface area contributed by atoms with Gasteiger partial charge in [0.15, 0.2) is 0 Å². The fourth-order valence-corrected chi connectivity index (χ4v) is 3.89. The molecule has 0 aliphatic carbocycles. The number of anilines is 1. The first-order chi connectivity index (χ1) is 13.8. The number of fused-ring (bicyclic) bond motifs is 2. The average molecular weight is 374 g/mol. The van der Waals surface area contributed by atoms with E-state index < -0.39 is 0 Å². The van der Waals surface area contributed by atoms with Crippen LogP contribution in [-0.2, 0) is 17.7 Å². The molecule has 0 saturated carbocycles. The zero-order valence-corrected chi connectivity index (χ0v) is 15.7. The minimum absolute atomic E-state index is 0.0583. The summed E-state index contributed by atoms with van der Waals surface area (Å²) < 4.78 is 5.41. The zero-order valence-electron chi connectivity index (χ0n) is 15.7. The van der Waals surface area contributed by atoms with Crippen molar-refractivity contribution in [2.75, 3.05) is 37.7 Å². The molecule has 1 fully saturated rings. The predicted molar refractivity (Wildman–Crippen MR) is 107 cm³/mol. The molecule has 1 saturated heterocycles. The van der Waals surface area contributed by atoms with Gasteiger partial charge in [-0.05, 0) is 34.9 Å². The van der Waals surface area contributed by atoms with Crippen LogP contribution in [0.4, 0.5) is 5.95 Å². The number of aromatic nitrogens is 2. The summed E-state index contributed by atoms with van der Waals surface area (Å²) >= 11 is 0. The van der Waals surface area contributed by atoms with Crippen LogP contribution < -0.4 is 4.90 Å². The van der Waals surface area contributed by atoms with Gasteiger partial charge in [-0.2, -0.15) is 0 Å². The third-order valence-corrected chi connectivity index (χ3v) is 5.51. The van der Waals surface area contributed by atoms with Gasteiger partial charge in [0.25, 0.3) is 5.91 Å².